The highest BCUT2D eigenvalue weighted by atomic mass is 35.5. The molecule has 0 spiro atoms. The van der Waals surface area contributed by atoms with E-state index >= 15 is 0 Å². The minimum Gasteiger partial charge on any atom is -0.320 e. The average Bonchev–Trinajstić information content (AvgIpc) is 2.87. The van der Waals surface area contributed by atoms with Gasteiger partial charge in [-0.1, -0.05) is 42.0 Å². The molecule has 3 aromatic rings. The molecule has 0 aliphatic heterocycles. The number of halogens is 1. The predicted molar refractivity (Wildman–Crippen MR) is 89.0 cm³/mol. The number of hydrogen-bond acceptors (Lipinski definition) is 1. The van der Waals surface area contributed by atoms with E-state index in [0.29, 0.717) is 5.88 Å². The van der Waals surface area contributed by atoms with Gasteiger partial charge < -0.3 is 4.57 Å². The molecule has 0 aliphatic rings. The van der Waals surface area contributed by atoms with Crippen LogP contribution in [0, 0.1) is 13.8 Å². The average molecular weight is 299 g/mol. The van der Waals surface area contributed by atoms with Crippen molar-refractivity contribution in [3.63, 3.8) is 0 Å². The van der Waals surface area contributed by atoms with Crippen LogP contribution in [-0.2, 0) is 5.88 Å². The number of hydrogen-bond donors (Lipinski definition) is 0. The lowest BCUT2D eigenvalue weighted by Gasteiger charge is -2.18. The van der Waals surface area contributed by atoms with E-state index in [4.69, 9.17) is 16.6 Å². The van der Waals surface area contributed by atoms with Crippen molar-refractivity contribution < 1.29 is 0 Å². The molecule has 0 bridgehead atoms. The molecule has 21 heavy (non-hydrogen) atoms. The fourth-order valence-electron chi connectivity index (χ4n) is 2.83. The smallest absolute Gasteiger partial charge is 0.125 e. The first-order valence-electron chi connectivity index (χ1n) is 7.20. The number of fused-ring (bicyclic) bond motifs is 1. The fraction of sp³-hybridized carbons (Fsp3) is 0.278. The molecular weight excluding hydrogens is 280 g/mol. The number of rotatable bonds is 3. The second-order valence-corrected chi connectivity index (χ2v) is 5.83. The zero-order valence-corrected chi connectivity index (χ0v) is 13.4. The maximum atomic E-state index is 6.13. The summed E-state index contributed by atoms with van der Waals surface area (Å²) in [7, 11) is 0. The van der Waals surface area contributed by atoms with Gasteiger partial charge in [-0.15, -0.1) is 11.6 Å². The monoisotopic (exact) mass is 298 g/mol. The summed E-state index contributed by atoms with van der Waals surface area (Å²) < 4.78 is 2.25. The van der Waals surface area contributed by atoms with Gasteiger partial charge in [0.15, 0.2) is 0 Å². The Bertz CT molecular complexity index is 772. The molecule has 1 unspecified atom stereocenters. The number of imidazole rings is 1. The van der Waals surface area contributed by atoms with Crippen LogP contribution in [0.3, 0.4) is 0 Å². The zero-order valence-electron chi connectivity index (χ0n) is 12.6. The van der Waals surface area contributed by atoms with Gasteiger partial charge in [0.25, 0.3) is 0 Å². The highest BCUT2D eigenvalue weighted by molar-refractivity contribution is 6.16. The third-order valence-electron chi connectivity index (χ3n) is 4.06. The van der Waals surface area contributed by atoms with E-state index < -0.39 is 0 Å². The first-order chi connectivity index (χ1) is 10.1. The van der Waals surface area contributed by atoms with Gasteiger partial charge in [-0.25, -0.2) is 4.98 Å². The Morgan fingerprint density at radius 2 is 1.81 bits per heavy atom. The van der Waals surface area contributed by atoms with Crippen molar-refractivity contribution in [2.24, 2.45) is 0 Å². The lowest BCUT2D eigenvalue weighted by molar-refractivity contribution is 0.634. The van der Waals surface area contributed by atoms with Crippen LogP contribution in [0.15, 0.2) is 42.5 Å². The van der Waals surface area contributed by atoms with Crippen molar-refractivity contribution in [3.8, 4) is 0 Å². The first-order valence-corrected chi connectivity index (χ1v) is 7.74. The Labute approximate surface area is 130 Å². The molecule has 1 heterocycles. The molecule has 1 atom stereocenters. The van der Waals surface area contributed by atoms with Gasteiger partial charge in [-0.2, -0.15) is 0 Å². The summed E-state index contributed by atoms with van der Waals surface area (Å²) >= 11 is 6.13. The minimum absolute atomic E-state index is 0.214. The third kappa shape index (κ3) is 2.44. The fourth-order valence-corrected chi connectivity index (χ4v) is 3.01. The molecule has 0 amide bonds. The van der Waals surface area contributed by atoms with Gasteiger partial charge in [-0.05, 0) is 38.0 Å². The second-order valence-electron chi connectivity index (χ2n) is 5.56. The molecule has 2 aromatic carbocycles. The highest BCUT2D eigenvalue weighted by Gasteiger charge is 2.17. The summed E-state index contributed by atoms with van der Waals surface area (Å²) in [4.78, 5) is 4.73. The normalized spacial score (nSPS) is 12.8. The van der Waals surface area contributed by atoms with Crippen molar-refractivity contribution in [1.29, 1.82) is 0 Å². The van der Waals surface area contributed by atoms with Gasteiger partial charge in [-0.3, -0.25) is 0 Å². The standard InChI is InChI=1S/C18H19ClN2/c1-12-7-9-15(10-8-12)14(3)21-16-6-4-5-13(2)18(16)20-17(21)11-19/h4-10,14H,11H2,1-3H3. The Morgan fingerprint density at radius 3 is 2.48 bits per heavy atom. The molecule has 0 fully saturated rings. The topological polar surface area (TPSA) is 17.8 Å². The van der Waals surface area contributed by atoms with Crippen molar-refractivity contribution in [2.75, 3.05) is 0 Å². The lowest BCUT2D eigenvalue weighted by Crippen LogP contribution is -2.09. The van der Waals surface area contributed by atoms with Gasteiger partial charge in [0.05, 0.1) is 23.0 Å². The van der Waals surface area contributed by atoms with Crippen LogP contribution < -0.4 is 0 Å². The second kappa shape index (κ2) is 5.53. The maximum absolute atomic E-state index is 6.13. The quantitative estimate of drug-likeness (QED) is 0.622. The van der Waals surface area contributed by atoms with Gasteiger partial charge in [0, 0.05) is 0 Å². The van der Waals surface area contributed by atoms with Crippen LogP contribution in [0.1, 0.15) is 35.5 Å². The Balaban J connectivity index is 2.18. The SMILES string of the molecule is Cc1ccc(C(C)n2c(CCl)nc3c(C)cccc32)cc1. The van der Waals surface area contributed by atoms with Crippen LogP contribution in [0.5, 0.6) is 0 Å². The van der Waals surface area contributed by atoms with Crippen molar-refractivity contribution in [2.45, 2.75) is 32.7 Å². The predicted octanol–water partition coefficient (Wildman–Crippen LogP) is 5.00. The van der Waals surface area contributed by atoms with E-state index in [1.165, 1.54) is 16.7 Å². The largest absolute Gasteiger partial charge is 0.320 e. The molecule has 0 N–H and O–H groups in total. The highest BCUT2D eigenvalue weighted by Crippen LogP contribution is 2.28. The summed E-state index contributed by atoms with van der Waals surface area (Å²) in [6.07, 6.45) is 0. The summed E-state index contributed by atoms with van der Waals surface area (Å²) in [5, 5.41) is 0. The first kappa shape index (κ1) is 14.2. The molecule has 3 heteroatoms. The number of para-hydroxylation sites is 1. The van der Waals surface area contributed by atoms with E-state index in [9.17, 15) is 0 Å². The summed E-state index contributed by atoms with van der Waals surface area (Å²) in [6, 6.07) is 15.2. The molecule has 0 radical (unpaired) electrons. The number of nitrogens with zero attached hydrogens (tertiary/aromatic N) is 2. The molecule has 3 rings (SSSR count). The van der Waals surface area contributed by atoms with E-state index in [1.807, 2.05) is 0 Å². The minimum atomic E-state index is 0.214. The Kier molecular flexibility index (Phi) is 3.73. The van der Waals surface area contributed by atoms with E-state index in [0.717, 1.165) is 16.9 Å². The third-order valence-corrected chi connectivity index (χ3v) is 4.30. The molecule has 2 nitrogen and oxygen atoms in total. The van der Waals surface area contributed by atoms with Gasteiger partial charge >= 0.3 is 0 Å². The van der Waals surface area contributed by atoms with Crippen molar-refractivity contribution in [1.82, 2.24) is 9.55 Å². The Morgan fingerprint density at radius 1 is 1.10 bits per heavy atom. The summed E-state index contributed by atoms with van der Waals surface area (Å²) in [5.74, 6) is 1.35. The number of aromatic nitrogens is 2. The molecular formula is C18H19ClN2. The zero-order chi connectivity index (χ0) is 15.0. The molecule has 0 aliphatic carbocycles. The number of benzene rings is 2. The van der Waals surface area contributed by atoms with Crippen LogP contribution >= 0.6 is 11.6 Å². The molecule has 0 saturated carbocycles. The number of alkyl halides is 1. The van der Waals surface area contributed by atoms with E-state index in [-0.39, 0.29) is 6.04 Å². The number of aryl methyl sites for hydroxylation is 2. The van der Waals surface area contributed by atoms with Crippen LogP contribution in [-0.4, -0.2) is 9.55 Å². The van der Waals surface area contributed by atoms with Gasteiger partial charge in [0.2, 0.25) is 0 Å². The van der Waals surface area contributed by atoms with Crippen LogP contribution in [0.2, 0.25) is 0 Å². The van der Waals surface area contributed by atoms with Crippen LogP contribution in [0.25, 0.3) is 11.0 Å². The molecule has 108 valence electrons. The maximum Gasteiger partial charge on any atom is 0.125 e. The van der Waals surface area contributed by atoms with Crippen molar-refractivity contribution in [3.05, 3.63) is 65.0 Å². The Hall–Kier alpha value is -1.80. The van der Waals surface area contributed by atoms with Crippen molar-refractivity contribution >= 4 is 22.6 Å². The van der Waals surface area contributed by atoms with E-state index in [1.54, 1.807) is 0 Å². The lowest BCUT2D eigenvalue weighted by atomic mass is 10.1. The van der Waals surface area contributed by atoms with Gasteiger partial charge in [0.1, 0.15) is 5.82 Å². The van der Waals surface area contributed by atoms with E-state index in [2.05, 4.69) is 67.8 Å². The molecule has 1 aromatic heterocycles. The molecule has 0 saturated heterocycles. The van der Waals surface area contributed by atoms with Crippen LogP contribution in [0.4, 0.5) is 0 Å². The summed E-state index contributed by atoms with van der Waals surface area (Å²) in [5.41, 5.74) is 5.93. The summed E-state index contributed by atoms with van der Waals surface area (Å²) in [6.45, 7) is 6.40.